The third-order valence-corrected chi connectivity index (χ3v) is 6.25. The van der Waals surface area contributed by atoms with Crippen molar-refractivity contribution in [3.63, 3.8) is 0 Å². The van der Waals surface area contributed by atoms with Crippen molar-refractivity contribution in [3.8, 4) is 11.5 Å². The quantitative estimate of drug-likeness (QED) is 0.646. The van der Waals surface area contributed by atoms with E-state index in [2.05, 4.69) is 5.32 Å². The second-order valence-electron chi connectivity index (χ2n) is 8.30. The lowest BCUT2D eigenvalue weighted by Crippen LogP contribution is -2.36. The van der Waals surface area contributed by atoms with Crippen LogP contribution < -0.4 is 14.8 Å². The molecule has 0 saturated carbocycles. The zero-order chi connectivity index (χ0) is 23.7. The molecular formula is C26H29NO6. The molecule has 7 nitrogen and oxygen atoms in total. The summed E-state index contributed by atoms with van der Waals surface area (Å²) in [5.74, 6) is 1.49. The highest BCUT2D eigenvalue weighted by Crippen LogP contribution is 2.46. The highest BCUT2D eigenvalue weighted by atomic mass is 16.5. The average Bonchev–Trinajstić information content (AvgIpc) is 3.23. The number of benzene rings is 1. The number of carbonyl (C=O) groups is 2. The van der Waals surface area contributed by atoms with Crippen LogP contribution in [0, 0.1) is 6.92 Å². The Hall–Kier alpha value is -3.48. The van der Waals surface area contributed by atoms with Crippen molar-refractivity contribution in [1.82, 2.24) is 5.32 Å². The monoisotopic (exact) mass is 451 g/mol. The first-order valence-corrected chi connectivity index (χ1v) is 11.1. The van der Waals surface area contributed by atoms with Crippen molar-refractivity contribution in [2.24, 2.45) is 0 Å². The minimum Gasteiger partial charge on any atom is -0.493 e. The van der Waals surface area contributed by atoms with E-state index >= 15 is 0 Å². The summed E-state index contributed by atoms with van der Waals surface area (Å²) in [5.41, 5.74) is 3.48. The van der Waals surface area contributed by atoms with E-state index in [1.54, 1.807) is 21.1 Å². The highest BCUT2D eigenvalue weighted by Gasteiger charge is 2.42. The van der Waals surface area contributed by atoms with Crippen molar-refractivity contribution in [1.29, 1.82) is 0 Å². The number of methoxy groups -OCH3 is 2. The number of ether oxygens (including phenoxy) is 3. The van der Waals surface area contributed by atoms with Gasteiger partial charge in [-0.15, -0.1) is 0 Å². The van der Waals surface area contributed by atoms with E-state index < -0.39 is 11.9 Å². The molecule has 0 fully saturated rings. The zero-order valence-corrected chi connectivity index (χ0v) is 19.6. The van der Waals surface area contributed by atoms with Gasteiger partial charge in [-0.25, -0.2) is 4.79 Å². The van der Waals surface area contributed by atoms with Crippen molar-refractivity contribution in [2.75, 3.05) is 20.8 Å². The molecule has 1 aliphatic heterocycles. The number of esters is 1. The summed E-state index contributed by atoms with van der Waals surface area (Å²) in [4.78, 5) is 26.4. The van der Waals surface area contributed by atoms with Crippen LogP contribution in [0.5, 0.6) is 11.5 Å². The third-order valence-electron chi connectivity index (χ3n) is 6.25. The number of hydrogen-bond acceptors (Lipinski definition) is 7. The first kappa shape index (κ1) is 22.7. The fourth-order valence-corrected chi connectivity index (χ4v) is 4.75. The molecule has 0 unspecified atom stereocenters. The largest absolute Gasteiger partial charge is 0.493 e. The van der Waals surface area contributed by atoms with E-state index in [9.17, 15) is 9.59 Å². The third kappa shape index (κ3) is 4.15. The molecule has 0 bridgehead atoms. The first-order chi connectivity index (χ1) is 15.9. The fourth-order valence-electron chi connectivity index (χ4n) is 4.75. The number of rotatable bonds is 6. The Morgan fingerprint density at radius 3 is 2.48 bits per heavy atom. The maximum Gasteiger partial charge on any atom is 0.336 e. The van der Waals surface area contributed by atoms with Gasteiger partial charge in [-0.3, -0.25) is 4.79 Å². The van der Waals surface area contributed by atoms with Crippen molar-refractivity contribution in [2.45, 2.75) is 45.4 Å². The van der Waals surface area contributed by atoms with Crippen LogP contribution in [-0.2, 0) is 14.3 Å². The summed E-state index contributed by atoms with van der Waals surface area (Å²) in [5, 5.41) is 3.34. The SMILES string of the molecule is CCOC(=O)C1=C(C)NC2=C(C(=O)C[C@@H](c3ccc(OC)c(OC)c3)C2)[C@@H]1c1ccc(C)o1. The summed E-state index contributed by atoms with van der Waals surface area (Å²) in [6.45, 7) is 5.70. The van der Waals surface area contributed by atoms with Gasteiger partial charge in [0.1, 0.15) is 11.5 Å². The number of allylic oxidation sites excluding steroid dienone is 3. The van der Waals surface area contributed by atoms with E-state index in [4.69, 9.17) is 18.6 Å². The smallest absolute Gasteiger partial charge is 0.336 e. The molecule has 0 amide bonds. The van der Waals surface area contributed by atoms with Gasteiger partial charge >= 0.3 is 5.97 Å². The van der Waals surface area contributed by atoms with Crippen molar-refractivity contribution < 1.29 is 28.2 Å². The van der Waals surface area contributed by atoms with Crippen LogP contribution in [0.15, 0.2) is 57.3 Å². The number of nitrogens with one attached hydrogen (secondary N) is 1. The molecule has 174 valence electrons. The van der Waals surface area contributed by atoms with E-state index in [0.29, 0.717) is 46.9 Å². The van der Waals surface area contributed by atoms with Crippen LogP contribution in [0.2, 0.25) is 0 Å². The molecule has 7 heteroatoms. The van der Waals surface area contributed by atoms with Gasteiger partial charge in [0.25, 0.3) is 0 Å². The second kappa shape index (κ2) is 9.17. The van der Waals surface area contributed by atoms with Gasteiger partial charge < -0.3 is 23.9 Å². The Kier molecular flexibility index (Phi) is 6.31. The zero-order valence-electron chi connectivity index (χ0n) is 19.6. The predicted molar refractivity (Wildman–Crippen MR) is 122 cm³/mol. The van der Waals surface area contributed by atoms with Crippen molar-refractivity contribution >= 4 is 11.8 Å². The lowest BCUT2D eigenvalue weighted by atomic mass is 9.73. The topological polar surface area (TPSA) is 87.0 Å². The molecular weight excluding hydrogens is 422 g/mol. The van der Waals surface area contributed by atoms with Crippen LogP contribution in [-0.4, -0.2) is 32.6 Å². The van der Waals surface area contributed by atoms with Crippen LogP contribution in [0.4, 0.5) is 0 Å². The minimum absolute atomic E-state index is 0.0168. The van der Waals surface area contributed by atoms with Crippen LogP contribution in [0.3, 0.4) is 0 Å². The number of Topliss-reactive ketones (excluding diaryl/α,β-unsaturated/α-hetero) is 1. The van der Waals surface area contributed by atoms with Gasteiger partial charge in [0.2, 0.25) is 0 Å². The molecule has 2 aromatic rings. The molecule has 0 spiro atoms. The van der Waals surface area contributed by atoms with E-state index in [1.807, 2.05) is 44.2 Å². The number of hydrogen-bond donors (Lipinski definition) is 1. The Morgan fingerprint density at radius 2 is 1.85 bits per heavy atom. The fraction of sp³-hybridized carbons (Fsp3) is 0.385. The van der Waals surface area contributed by atoms with Crippen molar-refractivity contribution in [3.05, 3.63) is 70.0 Å². The highest BCUT2D eigenvalue weighted by molar-refractivity contribution is 6.04. The number of dihydropyridines is 1. The van der Waals surface area contributed by atoms with Crippen LogP contribution in [0.1, 0.15) is 55.6 Å². The molecule has 0 radical (unpaired) electrons. The summed E-state index contributed by atoms with van der Waals surface area (Å²) < 4.78 is 22.0. The second-order valence-corrected chi connectivity index (χ2v) is 8.30. The van der Waals surface area contributed by atoms with Gasteiger partial charge in [-0.1, -0.05) is 6.07 Å². The van der Waals surface area contributed by atoms with Gasteiger partial charge in [0.05, 0.1) is 32.3 Å². The maximum atomic E-state index is 13.5. The molecule has 2 aliphatic rings. The molecule has 1 aromatic carbocycles. The Balaban J connectivity index is 1.75. The predicted octanol–water partition coefficient (Wildman–Crippen LogP) is 4.53. The summed E-state index contributed by atoms with van der Waals surface area (Å²) >= 11 is 0. The van der Waals surface area contributed by atoms with E-state index in [1.165, 1.54) is 0 Å². The number of aryl methyl sites for hydroxylation is 1. The number of carbonyl (C=O) groups excluding carboxylic acids is 2. The molecule has 0 saturated heterocycles. The van der Waals surface area contributed by atoms with Crippen LogP contribution in [0.25, 0.3) is 0 Å². The molecule has 4 rings (SSSR count). The number of ketones is 1. The molecule has 1 aromatic heterocycles. The minimum atomic E-state index is -0.590. The Morgan fingerprint density at radius 1 is 1.09 bits per heavy atom. The normalized spacial score (nSPS) is 20.3. The van der Waals surface area contributed by atoms with Crippen LogP contribution >= 0.6 is 0 Å². The molecule has 1 aliphatic carbocycles. The maximum absolute atomic E-state index is 13.5. The molecule has 33 heavy (non-hydrogen) atoms. The van der Waals surface area contributed by atoms with Gasteiger partial charge in [-0.05, 0) is 62.9 Å². The molecule has 2 atom stereocenters. The molecule has 2 heterocycles. The van der Waals surface area contributed by atoms with Gasteiger partial charge in [0.15, 0.2) is 17.3 Å². The first-order valence-electron chi connectivity index (χ1n) is 11.1. The lowest BCUT2D eigenvalue weighted by Gasteiger charge is -2.35. The Labute approximate surface area is 193 Å². The summed E-state index contributed by atoms with van der Waals surface area (Å²) in [6.07, 6.45) is 0.946. The summed E-state index contributed by atoms with van der Waals surface area (Å²) in [6, 6.07) is 9.42. The standard InChI is InChI=1S/C26H29NO6/c1-6-32-26(29)23-15(3)27-18-11-17(16-8-10-20(30-4)22(13-16)31-5)12-19(28)24(18)25(23)21-9-7-14(2)33-21/h7-10,13,17,25,27H,6,11-12H2,1-5H3/t17-,25+/m0/s1. The Bertz CT molecular complexity index is 1160. The number of furan rings is 1. The van der Waals surface area contributed by atoms with Gasteiger partial charge in [-0.2, -0.15) is 0 Å². The lowest BCUT2D eigenvalue weighted by molar-refractivity contribution is -0.138. The van der Waals surface area contributed by atoms with E-state index in [-0.39, 0.29) is 18.3 Å². The molecule has 1 N–H and O–H groups in total. The average molecular weight is 452 g/mol. The van der Waals surface area contributed by atoms with Gasteiger partial charge in [0, 0.05) is 23.4 Å². The summed E-state index contributed by atoms with van der Waals surface area (Å²) in [7, 11) is 3.19. The van der Waals surface area contributed by atoms with E-state index in [0.717, 1.165) is 17.0 Å².